The molecular weight excluding hydrogens is 290 g/mol. The standard InChI is InChI=1S/C14H15N3O3S/c1-10(18)16-17-21(19,20)14-8-4-12(5-9-14)11-2-6-13(15)7-3-11/h2-9,17H,15H2,1H3,(H,16,18). The Kier molecular flexibility index (Phi) is 4.25. The van der Waals surface area contributed by atoms with Crippen LogP contribution in [0.2, 0.25) is 0 Å². The second-order valence-electron chi connectivity index (χ2n) is 4.43. The molecule has 0 radical (unpaired) electrons. The van der Waals surface area contributed by atoms with Crippen molar-refractivity contribution in [2.75, 3.05) is 5.73 Å². The SMILES string of the molecule is CC(=O)NNS(=O)(=O)c1ccc(-c2ccc(N)cc2)cc1. The van der Waals surface area contributed by atoms with Gasteiger partial charge < -0.3 is 5.73 Å². The molecule has 110 valence electrons. The third kappa shape index (κ3) is 3.80. The van der Waals surface area contributed by atoms with Gasteiger partial charge in [0.25, 0.3) is 10.0 Å². The van der Waals surface area contributed by atoms with Crippen molar-refractivity contribution in [2.24, 2.45) is 0 Å². The lowest BCUT2D eigenvalue weighted by atomic mass is 10.1. The zero-order chi connectivity index (χ0) is 15.5. The normalized spacial score (nSPS) is 11.1. The Bertz CT molecular complexity index is 738. The van der Waals surface area contributed by atoms with Crippen LogP contribution in [-0.4, -0.2) is 14.3 Å². The van der Waals surface area contributed by atoms with Crippen LogP contribution < -0.4 is 16.0 Å². The largest absolute Gasteiger partial charge is 0.399 e. The fourth-order valence-electron chi connectivity index (χ4n) is 1.70. The summed E-state index contributed by atoms with van der Waals surface area (Å²) < 4.78 is 23.8. The van der Waals surface area contributed by atoms with Crippen LogP contribution in [0.15, 0.2) is 53.4 Å². The molecular formula is C14H15N3O3S. The Morgan fingerprint density at radius 1 is 0.952 bits per heavy atom. The van der Waals surface area contributed by atoms with E-state index >= 15 is 0 Å². The molecule has 0 fully saturated rings. The third-order valence-corrected chi connectivity index (χ3v) is 4.03. The van der Waals surface area contributed by atoms with Crippen molar-refractivity contribution in [3.8, 4) is 11.1 Å². The number of hydrogen-bond donors (Lipinski definition) is 3. The summed E-state index contributed by atoms with van der Waals surface area (Å²) in [6.45, 7) is 1.22. The minimum atomic E-state index is -3.76. The van der Waals surface area contributed by atoms with Gasteiger partial charge in [0.2, 0.25) is 5.91 Å². The molecule has 0 aromatic heterocycles. The Morgan fingerprint density at radius 2 is 1.43 bits per heavy atom. The van der Waals surface area contributed by atoms with Gasteiger partial charge in [-0.2, -0.15) is 0 Å². The Morgan fingerprint density at radius 3 is 1.90 bits per heavy atom. The highest BCUT2D eigenvalue weighted by molar-refractivity contribution is 7.89. The second kappa shape index (κ2) is 5.94. The van der Waals surface area contributed by atoms with Gasteiger partial charge in [0.1, 0.15) is 0 Å². The molecule has 0 saturated carbocycles. The number of benzene rings is 2. The number of carbonyl (C=O) groups excluding carboxylic acids is 1. The molecule has 0 aliphatic carbocycles. The number of rotatable bonds is 4. The summed E-state index contributed by atoms with van der Waals surface area (Å²) in [5.74, 6) is -0.489. The second-order valence-corrected chi connectivity index (χ2v) is 6.12. The molecule has 0 unspecified atom stereocenters. The van der Waals surface area contributed by atoms with Crippen LogP contribution in [0.3, 0.4) is 0 Å². The molecule has 0 heterocycles. The van der Waals surface area contributed by atoms with Crippen molar-refractivity contribution >= 4 is 21.6 Å². The molecule has 2 aromatic rings. The number of amides is 1. The maximum absolute atomic E-state index is 11.9. The highest BCUT2D eigenvalue weighted by atomic mass is 32.2. The quantitative estimate of drug-likeness (QED) is 0.584. The fraction of sp³-hybridized carbons (Fsp3) is 0.0714. The minimum Gasteiger partial charge on any atom is -0.399 e. The van der Waals surface area contributed by atoms with Gasteiger partial charge in [-0.3, -0.25) is 10.2 Å². The topological polar surface area (TPSA) is 101 Å². The number of nitrogen functional groups attached to an aromatic ring is 1. The van der Waals surface area contributed by atoms with E-state index < -0.39 is 15.9 Å². The van der Waals surface area contributed by atoms with Gasteiger partial charge in [0, 0.05) is 12.6 Å². The van der Waals surface area contributed by atoms with Crippen molar-refractivity contribution < 1.29 is 13.2 Å². The first-order valence-corrected chi connectivity index (χ1v) is 7.61. The van der Waals surface area contributed by atoms with Crippen molar-refractivity contribution in [1.82, 2.24) is 10.3 Å². The van der Waals surface area contributed by atoms with Crippen LogP contribution in [0.5, 0.6) is 0 Å². The lowest BCUT2D eigenvalue weighted by Crippen LogP contribution is -2.40. The van der Waals surface area contributed by atoms with E-state index in [1.807, 2.05) is 22.4 Å². The molecule has 2 aromatic carbocycles. The average molecular weight is 305 g/mol. The summed E-state index contributed by atoms with van der Waals surface area (Å²) >= 11 is 0. The van der Waals surface area contributed by atoms with Crippen LogP contribution in [0.25, 0.3) is 11.1 Å². The predicted molar refractivity (Wildman–Crippen MR) is 80.4 cm³/mol. The summed E-state index contributed by atoms with van der Waals surface area (Å²) in [6.07, 6.45) is 0. The van der Waals surface area contributed by atoms with Gasteiger partial charge >= 0.3 is 0 Å². The fourth-order valence-corrected chi connectivity index (χ4v) is 2.59. The first kappa shape index (κ1) is 15.0. The molecule has 0 spiro atoms. The number of sulfonamides is 1. The van der Waals surface area contributed by atoms with Crippen LogP contribution in [0.4, 0.5) is 5.69 Å². The van der Waals surface area contributed by atoms with Crippen LogP contribution in [-0.2, 0) is 14.8 Å². The molecule has 7 heteroatoms. The van der Waals surface area contributed by atoms with Gasteiger partial charge in [-0.25, -0.2) is 8.42 Å². The smallest absolute Gasteiger partial charge is 0.257 e. The molecule has 1 amide bonds. The first-order chi connectivity index (χ1) is 9.88. The van der Waals surface area contributed by atoms with Gasteiger partial charge in [-0.15, -0.1) is 4.83 Å². The zero-order valence-electron chi connectivity index (χ0n) is 11.3. The molecule has 0 saturated heterocycles. The monoisotopic (exact) mass is 305 g/mol. The minimum absolute atomic E-state index is 0.0652. The zero-order valence-corrected chi connectivity index (χ0v) is 12.1. The maximum atomic E-state index is 11.9. The highest BCUT2D eigenvalue weighted by Crippen LogP contribution is 2.22. The number of hydrogen-bond acceptors (Lipinski definition) is 4. The van der Waals surface area contributed by atoms with E-state index in [9.17, 15) is 13.2 Å². The van der Waals surface area contributed by atoms with E-state index in [1.165, 1.54) is 19.1 Å². The Hall–Kier alpha value is -2.38. The summed E-state index contributed by atoms with van der Waals surface area (Å²) in [4.78, 5) is 12.8. The highest BCUT2D eigenvalue weighted by Gasteiger charge is 2.13. The number of nitrogens with one attached hydrogen (secondary N) is 2. The number of hydrazine groups is 1. The molecule has 0 aliphatic heterocycles. The van der Waals surface area contributed by atoms with Crippen LogP contribution in [0.1, 0.15) is 6.92 Å². The number of nitrogens with two attached hydrogens (primary N) is 1. The number of anilines is 1. The van der Waals surface area contributed by atoms with Crippen molar-refractivity contribution in [2.45, 2.75) is 11.8 Å². The van der Waals surface area contributed by atoms with Gasteiger partial charge in [-0.1, -0.05) is 24.3 Å². The third-order valence-electron chi connectivity index (χ3n) is 2.77. The molecule has 21 heavy (non-hydrogen) atoms. The molecule has 0 aliphatic rings. The Balaban J connectivity index is 2.22. The molecule has 2 rings (SSSR count). The lowest BCUT2D eigenvalue weighted by molar-refractivity contribution is -0.119. The van der Waals surface area contributed by atoms with Crippen LogP contribution >= 0.6 is 0 Å². The van der Waals surface area contributed by atoms with E-state index in [2.05, 4.69) is 0 Å². The summed E-state index contributed by atoms with van der Waals surface area (Å²) in [5.41, 5.74) is 10.1. The van der Waals surface area contributed by atoms with E-state index in [1.54, 1.807) is 24.3 Å². The molecule has 6 nitrogen and oxygen atoms in total. The van der Waals surface area contributed by atoms with E-state index in [0.29, 0.717) is 5.69 Å². The summed E-state index contributed by atoms with van der Waals surface area (Å²) in [5, 5.41) is 0. The predicted octanol–water partition coefficient (Wildman–Crippen LogP) is 1.27. The average Bonchev–Trinajstić information content (AvgIpc) is 2.46. The van der Waals surface area contributed by atoms with Gasteiger partial charge in [0.05, 0.1) is 4.90 Å². The molecule has 0 atom stereocenters. The summed E-state index contributed by atoms with van der Waals surface area (Å²) in [7, 11) is -3.76. The summed E-state index contributed by atoms with van der Waals surface area (Å²) in [6, 6.07) is 13.6. The molecule has 4 N–H and O–H groups in total. The maximum Gasteiger partial charge on any atom is 0.257 e. The Labute approximate surface area is 123 Å². The molecule has 0 bridgehead atoms. The van der Waals surface area contributed by atoms with Crippen molar-refractivity contribution in [3.63, 3.8) is 0 Å². The van der Waals surface area contributed by atoms with Crippen molar-refractivity contribution in [1.29, 1.82) is 0 Å². The van der Waals surface area contributed by atoms with Crippen molar-refractivity contribution in [3.05, 3.63) is 48.5 Å². The van der Waals surface area contributed by atoms with Gasteiger partial charge in [0.15, 0.2) is 0 Å². The lowest BCUT2D eigenvalue weighted by Gasteiger charge is -2.08. The number of carbonyl (C=O) groups is 1. The first-order valence-electron chi connectivity index (χ1n) is 6.13. The van der Waals surface area contributed by atoms with E-state index in [4.69, 9.17) is 5.73 Å². The van der Waals surface area contributed by atoms with E-state index in [-0.39, 0.29) is 4.90 Å². The van der Waals surface area contributed by atoms with E-state index in [0.717, 1.165) is 11.1 Å². The van der Waals surface area contributed by atoms with Gasteiger partial charge in [-0.05, 0) is 35.4 Å². The van der Waals surface area contributed by atoms with Crippen LogP contribution in [0, 0.1) is 0 Å².